The van der Waals surface area contributed by atoms with Gasteiger partial charge in [0.2, 0.25) is 0 Å². The fourth-order valence-corrected chi connectivity index (χ4v) is 1.28. The highest BCUT2D eigenvalue weighted by Gasteiger charge is 2.06. The summed E-state index contributed by atoms with van der Waals surface area (Å²) in [5.74, 6) is 0.819. The van der Waals surface area contributed by atoms with Crippen molar-refractivity contribution >= 4 is 17.2 Å². The molecular weight excluding hydrogens is 164 g/mol. The van der Waals surface area contributed by atoms with E-state index >= 15 is 0 Å². The lowest BCUT2D eigenvalue weighted by molar-refractivity contribution is 0.848. The van der Waals surface area contributed by atoms with Crippen molar-refractivity contribution in [2.45, 2.75) is 13.8 Å². The Morgan fingerprint density at radius 3 is 2.38 bits per heavy atom. The number of rotatable bonds is 3. The highest BCUT2D eigenvalue weighted by Crippen LogP contribution is 2.21. The predicted molar refractivity (Wildman–Crippen MR) is 56.6 cm³/mol. The number of hydrogen-bond acceptors (Lipinski definition) is 4. The maximum Gasteiger partial charge on any atom is 0.151 e. The van der Waals surface area contributed by atoms with Gasteiger partial charge in [-0.1, -0.05) is 0 Å². The Hall–Kier alpha value is -1.45. The van der Waals surface area contributed by atoms with Crippen LogP contribution >= 0.6 is 0 Å². The minimum atomic E-state index is 0.605. The first-order chi connectivity index (χ1) is 6.19. The van der Waals surface area contributed by atoms with E-state index in [1.54, 1.807) is 12.3 Å². The zero-order valence-electron chi connectivity index (χ0n) is 8.12. The monoisotopic (exact) mass is 180 g/mol. The lowest BCUT2D eigenvalue weighted by Crippen LogP contribution is -2.24. The molecule has 0 aromatic carbocycles. The van der Waals surface area contributed by atoms with E-state index in [0.717, 1.165) is 18.9 Å². The van der Waals surface area contributed by atoms with Crippen LogP contribution in [0.1, 0.15) is 13.8 Å². The number of aromatic nitrogens is 1. The second-order valence-electron chi connectivity index (χ2n) is 2.85. The van der Waals surface area contributed by atoms with Gasteiger partial charge < -0.3 is 16.4 Å². The van der Waals surface area contributed by atoms with Crippen LogP contribution in [0.25, 0.3) is 0 Å². The summed E-state index contributed by atoms with van der Waals surface area (Å²) in [7, 11) is 0. The van der Waals surface area contributed by atoms with Crippen molar-refractivity contribution in [2.75, 3.05) is 29.5 Å². The van der Waals surface area contributed by atoms with Gasteiger partial charge in [-0.05, 0) is 19.9 Å². The van der Waals surface area contributed by atoms with Gasteiger partial charge in [-0.25, -0.2) is 4.98 Å². The second kappa shape index (κ2) is 3.98. The van der Waals surface area contributed by atoms with Crippen LogP contribution in [-0.2, 0) is 0 Å². The topological polar surface area (TPSA) is 68.2 Å². The summed E-state index contributed by atoms with van der Waals surface area (Å²) < 4.78 is 0. The first-order valence-electron chi connectivity index (χ1n) is 4.45. The standard InChI is InChI=1S/C9H16N4/c1-3-13(4-2)9-8(11)5-7(10)6-12-9/h5-6H,3-4,10-11H2,1-2H3. The van der Waals surface area contributed by atoms with Gasteiger partial charge in [0, 0.05) is 13.1 Å². The molecule has 0 unspecified atom stereocenters. The fraction of sp³-hybridized carbons (Fsp3) is 0.444. The average Bonchev–Trinajstić information content (AvgIpc) is 2.10. The van der Waals surface area contributed by atoms with E-state index in [1.165, 1.54) is 0 Å². The van der Waals surface area contributed by atoms with Crippen LogP contribution in [-0.4, -0.2) is 18.1 Å². The molecule has 0 spiro atoms. The van der Waals surface area contributed by atoms with Gasteiger partial charge >= 0.3 is 0 Å². The molecule has 0 atom stereocenters. The fourth-order valence-electron chi connectivity index (χ4n) is 1.28. The van der Waals surface area contributed by atoms with Crippen LogP contribution in [0, 0.1) is 0 Å². The summed E-state index contributed by atoms with van der Waals surface area (Å²) in [5.41, 5.74) is 12.6. The molecule has 1 heterocycles. The molecule has 72 valence electrons. The van der Waals surface area contributed by atoms with Gasteiger partial charge in [0.05, 0.1) is 17.6 Å². The molecule has 1 aromatic heterocycles. The molecule has 13 heavy (non-hydrogen) atoms. The molecule has 0 bridgehead atoms. The third-order valence-electron chi connectivity index (χ3n) is 1.98. The summed E-state index contributed by atoms with van der Waals surface area (Å²) in [6.45, 7) is 5.94. The van der Waals surface area contributed by atoms with Crippen LogP contribution in [0.2, 0.25) is 0 Å². The zero-order chi connectivity index (χ0) is 9.84. The van der Waals surface area contributed by atoms with Gasteiger partial charge in [-0.2, -0.15) is 0 Å². The number of hydrogen-bond donors (Lipinski definition) is 2. The molecule has 0 radical (unpaired) electrons. The van der Waals surface area contributed by atoms with Crippen LogP contribution in [0.3, 0.4) is 0 Å². The van der Waals surface area contributed by atoms with E-state index in [9.17, 15) is 0 Å². The van der Waals surface area contributed by atoms with Crippen LogP contribution in [0.15, 0.2) is 12.3 Å². The first-order valence-corrected chi connectivity index (χ1v) is 4.45. The Morgan fingerprint density at radius 1 is 1.31 bits per heavy atom. The van der Waals surface area contributed by atoms with Gasteiger partial charge in [0.15, 0.2) is 5.82 Å². The molecular formula is C9H16N4. The molecule has 4 N–H and O–H groups in total. The molecule has 0 aliphatic heterocycles. The molecule has 4 nitrogen and oxygen atoms in total. The maximum atomic E-state index is 5.79. The summed E-state index contributed by atoms with van der Waals surface area (Å²) in [4.78, 5) is 6.29. The molecule has 1 rings (SSSR count). The van der Waals surface area contributed by atoms with Gasteiger partial charge in [-0.15, -0.1) is 0 Å². The minimum absolute atomic E-state index is 0.605. The van der Waals surface area contributed by atoms with E-state index in [4.69, 9.17) is 11.5 Å². The Bertz CT molecular complexity index is 281. The molecule has 4 heteroatoms. The Kier molecular flexibility index (Phi) is 2.95. The quantitative estimate of drug-likeness (QED) is 0.730. The molecule has 0 saturated heterocycles. The second-order valence-corrected chi connectivity index (χ2v) is 2.85. The number of nitrogens with zero attached hydrogens (tertiary/aromatic N) is 2. The number of nitrogen functional groups attached to an aromatic ring is 2. The predicted octanol–water partition coefficient (Wildman–Crippen LogP) is 1.09. The lowest BCUT2D eigenvalue weighted by atomic mass is 10.3. The molecule has 0 aliphatic carbocycles. The molecule has 0 saturated carbocycles. The van der Waals surface area contributed by atoms with Crippen molar-refractivity contribution in [1.29, 1.82) is 0 Å². The third-order valence-corrected chi connectivity index (χ3v) is 1.98. The van der Waals surface area contributed by atoms with Gasteiger partial charge in [0.25, 0.3) is 0 Å². The van der Waals surface area contributed by atoms with E-state index in [2.05, 4.69) is 23.7 Å². The van der Waals surface area contributed by atoms with E-state index in [1.807, 2.05) is 0 Å². The number of anilines is 3. The summed E-state index contributed by atoms with van der Waals surface area (Å²) in [6, 6.07) is 1.74. The van der Waals surface area contributed by atoms with E-state index in [0.29, 0.717) is 11.4 Å². The first kappa shape index (κ1) is 9.64. The van der Waals surface area contributed by atoms with Crippen LogP contribution < -0.4 is 16.4 Å². The van der Waals surface area contributed by atoms with Crippen molar-refractivity contribution in [3.8, 4) is 0 Å². The van der Waals surface area contributed by atoms with Crippen LogP contribution in [0.5, 0.6) is 0 Å². The summed E-state index contributed by atoms with van der Waals surface area (Å²) in [5, 5.41) is 0. The maximum absolute atomic E-state index is 5.79. The molecule has 0 fully saturated rings. The number of nitrogens with two attached hydrogens (primary N) is 2. The zero-order valence-corrected chi connectivity index (χ0v) is 8.12. The summed E-state index contributed by atoms with van der Waals surface area (Å²) in [6.07, 6.45) is 1.63. The third kappa shape index (κ3) is 2.02. The Labute approximate surface area is 78.6 Å². The largest absolute Gasteiger partial charge is 0.397 e. The van der Waals surface area contributed by atoms with Crippen molar-refractivity contribution in [3.63, 3.8) is 0 Å². The minimum Gasteiger partial charge on any atom is -0.397 e. The highest BCUT2D eigenvalue weighted by atomic mass is 15.2. The van der Waals surface area contributed by atoms with Crippen molar-refractivity contribution < 1.29 is 0 Å². The van der Waals surface area contributed by atoms with Crippen molar-refractivity contribution in [3.05, 3.63) is 12.3 Å². The average molecular weight is 180 g/mol. The van der Waals surface area contributed by atoms with E-state index < -0.39 is 0 Å². The van der Waals surface area contributed by atoms with Gasteiger partial charge in [-0.3, -0.25) is 0 Å². The molecule has 0 amide bonds. The number of pyridine rings is 1. The Balaban J connectivity index is 2.99. The molecule has 1 aromatic rings. The highest BCUT2D eigenvalue weighted by molar-refractivity contribution is 5.66. The normalized spacial score (nSPS) is 10.0. The molecule has 0 aliphatic rings. The van der Waals surface area contributed by atoms with E-state index in [-0.39, 0.29) is 0 Å². The Morgan fingerprint density at radius 2 is 1.92 bits per heavy atom. The lowest BCUT2D eigenvalue weighted by Gasteiger charge is -2.21. The summed E-state index contributed by atoms with van der Waals surface area (Å²) >= 11 is 0. The van der Waals surface area contributed by atoms with Crippen molar-refractivity contribution in [1.82, 2.24) is 4.98 Å². The van der Waals surface area contributed by atoms with Crippen LogP contribution in [0.4, 0.5) is 17.2 Å². The van der Waals surface area contributed by atoms with Crippen molar-refractivity contribution in [2.24, 2.45) is 0 Å². The SMILES string of the molecule is CCN(CC)c1ncc(N)cc1N. The smallest absolute Gasteiger partial charge is 0.151 e. The van der Waals surface area contributed by atoms with Gasteiger partial charge in [0.1, 0.15) is 0 Å².